The van der Waals surface area contributed by atoms with Crippen LogP contribution >= 0.6 is 0 Å². The second-order valence-corrected chi connectivity index (χ2v) is 4.68. The van der Waals surface area contributed by atoms with E-state index >= 15 is 0 Å². The first-order chi connectivity index (χ1) is 7.79. The third kappa shape index (κ3) is 2.82. The summed E-state index contributed by atoms with van der Waals surface area (Å²) in [6.45, 7) is 4.28. The summed E-state index contributed by atoms with van der Waals surface area (Å²) in [7, 11) is 0. The monoisotopic (exact) mass is 221 g/mol. The second kappa shape index (κ2) is 5.44. The third-order valence-electron chi connectivity index (χ3n) is 3.49. The first-order valence-electron chi connectivity index (χ1n) is 6.27. The van der Waals surface area contributed by atoms with Gasteiger partial charge in [0.2, 0.25) is 0 Å². The van der Waals surface area contributed by atoms with Crippen molar-refractivity contribution in [2.45, 2.75) is 32.6 Å². The fraction of sp³-hybridized carbons (Fsp3) is 0.571. The van der Waals surface area contributed by atoms with Crippen molar-refractivity contribution in [1.82, 2.24) is 5.32 Å². The quantitative estimate of drug-likeness (QED) is 0.827. The Morgan fingerprint density at radius 2 is 2.06 bits per heavy atom. The van der Waals surface area contributed by atoms with Crippen LogP contribution in [-0.4, -0.2) is 13.1 Å². The summed E-state index contributed by atoms with van der Waals surface area (Å²) in [6, 6.07) is 5.55. The van der Waals surface area contributed by atoms with Crippen molar-refractivity contribution in [3.63, 3.8) is 0 Å². The van der Waals surface area contributed by atoms with Gasteiger partial charge >= 0.3 is 0 Å². The topological polar surface area (TPSA) is 12.0 Å². The number of nitrogens with one attached hydrogen (secondary N) is 1. The molecule has 1 aliphatic rings. The minimum Gasteiger partial charge on any atom is -0.317 e. The van der Waals surface area contributed by atoms with E-state index in [1.165, 1.54) is 18.4 Å². The minimum atomic E-state index is -0.0317. The molecule has 1 nitrogen and oxygen atoms in total. The van der Waals surface area contributed by atoms with E-state index in [1.54, 1.807) is 6.07 Å². The minimum absolute atomic E-state index is 0.0317. The molecule has 16 heavy (non-hydrogen) atoms. The number of hydrogen-bond acceptors (Lipinski definition) is 1. The van der Waals surface area contributed by atoms with Gasteiger partial charge in [-0.3, -0.25) is 0 Å². The molecule has 0 aliphatic carbocycles. The number of benzene rings is 1. The van der Waals surface area contributed by atoms with Gasteiger partial charge in [0.25, 0.3) is 0 Å². The van der Waals surface area contributed by atoms with Gasteiger partial charge in [-0.2, -0.15) is 0 Å². The maximum absolute atomic E-state index is 13.6. The molecule has 0 bridgehead atoms. The molecule has 0 saturated carbocycles. The third-order valence-corrected chi connectivity index (χ3v) is 3.49. The first kappa shape index (κ1) is 11.6. The van der Waals surface area contributed by atoms with Crippen molar-refractivity contribution in [3.8, 4) is 0 Å². The van der Waals surface area contributed by atoms with E-state index < -0.39 is 0 Å². The predicted molar refractivity (Wildman–Crippen MR) is 65.1 cm³/mol. The van der Waals surface area contributed by atoms with Gasteiger partial charge < -0.3 is 5.32 Å². The molecule has 1 aliphatic heterocycles. The highest BCUT2D eigenvalue weighted by Gasteiger charge is 2.15. The number of hydrogen-bond donors (Lipinski definition) is 1. The van der Waals surface area contributed by atoms with E-state index in [9.17, 15) is 4.39 Å². The van der Waals surface area contributed by atoms with Gasteiger partial charge in [-0.1, -0.05) is 19.1 Å². The predicted octanol–water partition coefficient (Wildman–Crippen LogP) is 2.93. The molecular formula is C14H20FN. The summed E-state index contributed by atoms with van der Waals surface area (Å²) in [5.74, 6) is 0.624. The van der Waals surface area contributed by atoms with Crippen LogP contribution in [0.25, 0.3) is 0 Å². The molecule has 1 heterocycles. The molecule has 0 spiro atoms. The Balaban J connectivity index is 2.06. The number of rotatable bonds is 3. The van der Waals surface area contributed by atoms with E-state index in [4.69, 9.17) is 0 Å². The zero-order valence-corrected chi connectivity index (χ0v) is 9.93. The lowest BCUT2D eigenvalue weighted by Gasteiger charge is -2.22. The fourth-order valence-electron chi connectivity index (χ4n) is 2.40. The first-order valence-corrected chi connectivity index (χ1v) is 6.27. The van der Waals surface area contributed by atoms with Crippen molar-refractivity contribution in [1.29, 1.82) is 0 Å². The highest BCUT2D eigenvalue weighted by molar-refractivity contribution is 5.25. The van der Waals surface area contributed by atoms with Gasteiger partial charge in [-0.05, 0) is 61.9 Å². The molecule has 2 heteroatoms. The molecule has 1 saturated heterocycles. The molecule has 88 valence electrons. The summed E-state index contributed by atoms with van der Waals surface area (Å²) in [6.07, 6.45) is 4.24. The molecule has 0 aromatic heterocycles. The normalized spacial score (nSPS) is 17.6. The van der Waals surface area contributed by atoms with Crippen LogP contribution in [0.3, 0.4) is 0 Å². The van der Waals surface area contributed by atoms with Gasteiger partial charge in [0.05, 0.1) is 0 Å². The Kier molecular flexibility index (Phi) is 3.94. The Labute approximate surface area is 97.1 Å². The van der Waals surface area contributed by atoms with Crippen LogP contribution in [0.4, 0.5) is 4.39 Å². The molecule has 1 aromatic rings. The number of aryl methyl sites for hydroxylation is 1. The number of halogens is 1. The summed E-state index contributed by atoms with van der Waals surface area (Å²) in [5, 5.41) is 3.34. The van der Waals surface area contributed by atoms with Gasteiger partial charge in [0.1, 0.15) is 5.82 Å². The maximum Gasteiger partial charge on any atom is 0.126 e. The number of piperidine rings is 1. The van der Waals surface area contributed by atoms with E-state index in [0.717, 1.165) is 31.5 Å². The van der Waals surface area contributed by atoms with E-state index in [2.05, 4.69) is 12.2 Å². The molecule has 0 atom stereocenters. The van der Waals surface area contributed by atoms with Gasteiger partial charge in [-0.15, -0.1) is 0 Å². The van der Waals surface area contributed by atoms with Crippen molar-refractivity contribution in [2.24, 2.45) is 5.92 Å². The van der Waals surface area contributed by atoms with E-state index in [0.29, 0.717) is 5.92 Å². The summed E-state index contributed by atoms with van der Waals surface area (Å²) < 4.78 is 13.6. The largest absolute Gasteiger partial charge is 0.317 e. The van der Waals surface area contributed by atoms with E-state index in [1.807, 2.05) is 12.1 Å². The molecule has 1 N–H and O–H groups in total. The highest BCUT2D eigenvalue weighted by atomic mass is 19.1. The molecular weight excluding hydrogens is 201 g/mol. The summed E-state index contributed by atoms with van der Waals surface area (Å²) in [5.41, 5.74) is 2.15. The second-order valence-electron chi connectivity index (χ2n) is 4.68. The highest BCUT2D eigenvalue weighted by Crippen LogP contribution is 2.21. The van der Waals surface area contributed by atoms with Gasteiger partial charge in [0.15, 0.2) is 0 Å². The van der Waals surface area contributed by atoms with Crippen LogP contribution in [0.2, 0.25) is 0 Å². The average molecular weight is 221 g/mol. The SMILES string of the molecule is CCc1ccc(F)c(CC2CCNCC2)c1. The molecule has 0 amide bonds. The van der Waals surface area contributed by atoms with Crippen LogP contribution < -0.4 is 5.32 Å². The lowest BCUT2D eigenvalue weighted by molar-refractivity contribution is 0.368. The van der Waals surface area contributed by atoms with Crippen LogP contribution in [0.15, 0.2) is 18.2 Å². The zero-order valence-electron chi connectivity index (χ0n) is 9.93. The smallest absolute Gasteiger partial charge is 0.126 e. The Hall–Kier alpha value is -0.890. The van der Waals surface area contributed by atoms with Crippen LogP contribution in [-0.2, 0) is 12.8 Å². The van der Waals surface area contributed by atoms with E-state index in [-0.39, 0.29) is 5.82 Å². The van der Waals surface area contributed by atoms with Crippen molar-refractivity contribution < 1.29 is 4.39 Å². The summed E-state index contributed by atoms with van der Waals surface area (Å²) >= 11 is 0. The van der Waals surface area contributed by atoms with Gasteiger partial charge in [-0.25, -0.2) is 4.39 Å². The lowest BCUT2D eigenvalue weighted by Crippen LogP contribution is -2.28. The molecule has 1 fully saturated rings. The molecule has 0 unspecified atom stereocenters. The van der Waals surface area contributed by atoms with Crippen LogP contribution in [0, 0.1) is 11.7 Å². The zero-order chi connectivity index (χ0) is 11.4. The van der Waals surface area contributed by atoms with Crippen molar-refractivity contribution in [3.05, 3.63) is 35.1 Å². The fourth-order valence-corrected chi connectivity index (χ4v) is 2.40. The van der Waals surface area contributed by atoms with Gasteiger partial charge in [0, 0.05) is 0 Å². The molecule has 1 aromatic carbocycles. The van der Waals surface area contributed by atoms with Crippen LogP contribution in [0.5, 0.6) is 0 Å². The Morgan fingerprint density at radius 1 is 1.31 bits per heavy atom. The van der Waals surface area contributed by atoms with Crippen molar-refractivity contribution in [2.75, 3.05) is 13.1 Å². The lowest BCUT2D eigenvalue weighted by atomic mass is 9.90. The van der Waals surface area contributed by atoms with Crippen molar-refractivity contribution >= 4 is 0 Å². The summed E-state index contributed by atoms with van der Waals surface area (Å²) in [4.78, 5) is 0. The Morgan fingerprint density at radius 3 is 2.75 bits per heavy atom. The average Bonchev–Trinajstić information content (AvgIpc) is 2.33. The molecule has 0 radical (unpaired) electrons. The molecule has 2 rings (SSSR count). The Bertz CT molecular complexity index is 343. The standard InChI is InChI=1S/C14H20FN/c1-2-11-3-4-14(15)13(9-11)10-12-5-7-16-8-6-12/h3-4,9,12,16H,2,5-8,10H2,1H3. The van der Waals surface area contributed by atoms with Crippen LogP contribution in [0.1, 0.15) is 30.9 Å². The maximum atomic E-state index is 13.6.